The first-order chi connectivity index (χ1) is 7.43. The van der Waals surface area contributed by atoms with Crippen LogP contribution in [0.4, 0.5) is 13.2 Å². The van der Waals surface area contributed by atoms with Crippen LogP contribution in [0.25, 0.3) is 0 Å². The maximum Gasteiger partial charge on any atom is 0.391 e. The Morgan fingerprint density at radius 1 is 1.31 bits per heavy atom. The van der Waals surface area contributed by atoms with Crippen LogP contribution in [0.15, 0.2) is 0 Å². The lowest BCUT2D eigenvalue weighted by atomic mass is 9.69. The molecule has 1 aliphatic heterocycles. The third kappa shape index (κ3) is 2.07. The molecular weight excluding hydrogens is 219 g/mol. The smallest absolute Gasteiger partial charge is 0.378 e. The molecule has 2 aliphatic rings. The standard InChI is InChI=1S/C11H18F3NO/c1-6-5-16-9-3-8(11(12,13)14)2-7(4-15)10(6)9/h6-10H,2-5,15H2,1H3/t6-,7-,8-,9+,10+/m0/s1. The Balaban J connectivity index is 2.12. The molecule has 94 valence electrons. The Morgan fingerprint density at radius 2 is 2.00 bits per heavy atom. The van der Waals surface area contributed by atoms with E-state index in [2.05, 4.69) is 0 Å². The summed E-state index contributed by atoms with van der Waals surface area (Å²) in [5.41, 5.74) is 5.60. The van der Waals surface area contributed by atoms with Crippen LogP contribution in [0.3, 0.4) is 0 Å². The topological polar surface area (TPSA) is 35.2 Å². The summed E-state index contributed by atoms with van der Waals surface area (Å²) in [6, 6.07) is 0. The second-order valence-electron chi connectivity index (χ2n) is 5.13. The summed E-state index contributed by atoms with van der Waals surface area (Å²) >= 11 is 0. The third-order valence-corrected chi connectivity index (χ3v) is 4.07. The Bertz CT molecular complexity index is 256. The highest BCUT2D eigenvalue weighted by Gasteiger charge is 2.51. The van der Waals surface area contributed by atoms with Gasteiger partial charge in [0.1, 0.15) is 0 Å². The summed E-state index contributed by atoms with van der Waals surface area (Å²) in [4.78, 5) is 0. The molecule has 0 aromatic heterocycles. The maximum atomic E-state index is 12.7. The van der Waals surface area contributed by atoms with E-state index in [4.69, 9.17) is 10.5 Å². The highest BCUT2D eigenvalue weighted by atomic mass is 19.4. The molecule has 5 heteroatoms. The number of nitrogens with two attached hydrogens (primary N) is 1. The summed E-state index contributed by atoms with van der Waals surface area (Å²) in [6.07, 6.45) is -4.04. The van der Waals surface area contributed by atoms with Gasteiger partial charge in [0.05, 0.1) is 12.0 Å². The van der Waals surface area contributed by atoms with Crippen molar-refractivity contribution in [3.05, 3.63) is 0 Å². The Kier molecular flexibility index (Phi) is 3.18. The van der Waals surface area contributed by atoms with Crippen molar-refractivity contribution in [3.8, 4) is 0 Å². The summed E-state index contributed by atoms with van der Waals surface area (Å²) in [5, 5.41) is 0. The molecule has 0 spiro atoms. The summed E-state index contributed by atoms with van der Waals surface area (Å²) in [5.74, 6) is -0.702. The van der Waals surface area contributed by atoms with Crippen molar-refractivity contribution in [3.63, 3.8) is 0 Å². The van der Waals surface area contributed by atoms with Crippen LogP contribution in [-0.4, -0.2) is 25.4 Å². The van der Waals surface area contributed by atoms with Crippen molar-refractivity contribution < 1.29 is 17.9 Å². The fourth-order valence-corrected chi connectivity index (χ4v) is 3.28. The van der Waals surface area contributed by atoms with Crippen molar-refractivity contribution >= 4 is 0 Å². The number of fused-ring (bicyclic) bond motifs is 1. The van der Waals surface area contributed by atoms with Crippen LogP contribution in [0.1, 0.15) is 19.8 Å². The minimum Gasteiger partial charge on any atom is -0.378 e. The van der Waals surface area contributed by atoms with E-state index in [0.717, 1.165) is 0 Å². The molecule has 0 aromatic carbocycles. The van der Waals surface area contributed by atoms with Gasteiger partial charge in [0.15, 0.2) is 0 Å². The van der Waals surface area contributed by atoms with Crippen molar-refractivity contribution in [2.75, 3.05) is 13.2 Å². The number of halogens is 3. The van der Waals surface area contributed by atoms with Gasteiger partial charge in [-0.2, -0.15) is 13.2 Å². The molecule has 0 amide bonds. The summed E-state index contributed by atoms with van der Waals surface area (Å²) in [7, 11) is 0. The lowest BCUT2D eigenvalue weighted by Gasteiger charge is -2.39. The lowest BCUT2D eigenvalue weighted by molar-refractivity contribution is -0.198. The highest BCUT2D eigenvalue weighted by molar-refractivity contribution is 4.95. The minimum absolute atomic E-state index is 0.0390. The van der Waals surface area contributed by atoms with Crippen LogP contribution in [0, 0.1) is 23.7 Å². The van der Waals surface area contributed by atoms with Gasteiger partial charge in [0, 0.05) is 6.61 Å². The first-order valence-corrected chi connectivity index (χ1v) is 5.82. The fraction of sp³-hybridized carbons (Fsp3) is 1.00. The second kappa shape index (κ2) is 4.18. The van der Waals surface area contributed by atoms with Crippen molar-refractivity contribution in [1.82, 2.24) is 0 Å². The molecule has 1 saturated carbocycles. The van der Waals surface area contributed by atoms with E-state index in [0.29, 0.717) is 19.1 Å². The van der Waals surface area contributed by atoms with E-state index in [-0.39, 0.29) is 30.8 Å². The van der Waals surface area contributed by atoms with Crippen LogP contribution >= 0.6 is 0 Å². The van der Waals surface area contributed by atoms with E-state index in [9.17, 15) is 13.2 Å². The summed E-state index contributed by atoms with van der Waals surface area (Å²) < 4.78 is 43.6. The van der Waals surface area contributed by atoms with Crippen LogP contribution in [0.5, 0.6) is 0 Å². The molecule has 2 rings (SSSR count). The molecule has 16 heavy (non-hydrogen) atoms. The number of rotatable bonds is 1. The average Bonchev–Trinajstić information content (AvgIpc) is 2.58. The Morgan fingerprint density at radius 3 is 2.56 bits per heavy atom. The van der Waals surface area contributed by atoms with Crippen molar-refractivity contribution in [1.29, 1.82) is 0 Å². The number of hydrogen-bond donors (Lipinski definition) is 1. The first-order valence-electron chi connectivity index (χ1n) is 5.82. The first kappa shape index (κ1) is 12.2. The maximum absolute atomic E-state index is 12.7. The number of hydrogen-bond acceptors (Lipinski definition) is 2. The zero-order valence-electron chi connectivity index (χ0n) is 9.33. The minimum atomic E-state index is -4.10. The van der Waals surface area contributed by atoms with Gasteiger partial charge < -0.3 is 10.5 Å². The van der Waals surface area contributed by atoms with Gasteiger partial charge in [-0.15, -0.1) is 0 Å². The van der Waals surface area contributed by atoms with Gasteiger partial charge in [-0.3, -0.25) is 0 Å². The average molecular weight is 237 g/mol. The molecule has 1 heterocycles. The van der Waals surface area contributed by atoms with E-state index in [1.54, 1.807) is 0 Å². The van der Waals surface area contributed by atoms with Gasteiger partial charge in [0.25, 0.3) is 0 Å². The predicted molar refractivity (Wildman–Crippen MR) is 53.7 cm³/mol. The van der Waals surface area contributed by atoms with Crippen molar-refractivity contribution in [2.45, 2.75) is 32.0 Å². The van der Waals surface area contributed by atoms with Gasteiger partial charge in [-0.1, -0.05) is 6.92 Å². The van der Waals surface area contributed by atoms with E-state index in [1.165, 1.54) is 0 Å². The molecule has 5 atom stereocenters. The molecule has 2 N–H and O–H groups in total. The van der Waals surface area contributed by atoms with Crippen LogP contribution in [-0.2, 0) is 4.74 Å². The molecule has 1 saturated heterocycles. The normalized spacial score (nSPS) is 44.4. The van der Waals surface area contributed by atoms with Gasteiger partial charge >= 0.3 is 6.18 Å². The Hall–Kier alpha value is -0.290. The van der Waals surface area contributed by atoms with Gasteiger partial charge in [-0.05, 0) is 37.1 Å². The SMILES string of the molecule is C[C@H]1CO[C@@H]2C[C@@H](C(F)(F)F)C[C@@H](CN)[C@@H]12. The van der Waals surface area contributed by atoms with E-state index in [1.807, 2.05) is 6.92 Å². The van der Waals surface area contributed by atoms with E-state index >= 15 is 0 Å². The molecule has 2 nitrogen and oxygen atoms in total. The lowest BCUT2D eigenvalue weighted by Crippen LogP contribution is -2.43. The zero-order valence-corrected chi connectivity index (χ0v) is 9.33. The third-order valence-electron chi connectivity index (χ3n) is 4.07. The van der Waals surface area contributed by atoms with Crippen molar-refractivity contribution in [2.24, 2.45) is 29.4 Å². The predicted octanol–water partition coefficient (Wildman–Crippen LogP) is 2.18. The zero-order chi connectivity index (χ0) is 11.9. The van der Waals surface area contributed by atoms with E-state index < -0.39 is 12.1 Å². The molecule has 1 aliphatic carbocycles. The van der Waals surface area contributed by atoms with Gasteiger partial charge in [0.2, 0.25) is 0 Å². The quantitative estimate of drug-likeness (QED) is 0.758. The number of ether oxygens (including phenoxy) is 1. The second-order valence-corrected chi connectivity index (χ2v) is 5.13. The molecule has 0 radical (unpaired) electrons. The number of alkyl halides is 3. The molecule has 0 unspecified atom stereocenters. The highest BCUT2D eigenvalue weighted by Crippen LogP contribution is 2.48. The fourth-order valence-electron chi connectivity index (χ4n) is 3.28. The summed E-state index contributed by atoms with van der Waals surface area (Å²) in [6.45, 7) is 2.96. The molecule has 0 bridgehead atoms. The monoisotopic (exact) mass is 237 g/mol. The van der Waals surface area contributed by atoms with Crippen LogP contribution < -0.4 is 5.73 Å². The molecule has 2 fully saturated rings. The van der Waals surface area contributed by atoms with Gasteiger partial charge in [-0.25, -0.2) is 0 Å². The molecular formula is C11H18F3NO. The Labute approximate surface area is 93.3 Å². The molecule has 0 aromatic rings. The van der Waals surface area contributed by atoms with Crippen LogP contribution in [0.2, 0.25) is 0 Å². The largest absolute Gasteiger partial charge is 0.391 e.